The maximum atomic E-state index is 5.66. The lowest BCUT2D eigenvalue weighted by Gasteiger charge is -2.16. The molecule has 96 valence electrons. The van der Waals surface area contributed by atoms with Crippen molar-refractivity contribution in [3.05, 3.63) is 40.1 Å². The number of benzene rings is 1. The number of aromatic nitrogens is 3. The number of aryl methyl sites for hydroxylation is 1. The highest BCUT2D eigenvalue weighted by Crippen LogP contribution is 2.27. The third-order valence-electron chi connectivity index (χ3n) is 2.72. The van der Waals surface area contributed by atoms with Gasteiger partial charge in [0.1, 0.15) is 0 Å². The van der Waals surface area contributed by atoms with Crippen LogP contribution in [0.4, 0.5) is 0 Å². The van der Waals surface area contributed by atoms with Crippen molar-refractivity contribution in [2.24, 2.45) is 12.9 Å². The van der Waals surface area contributed by atoms with E-state index in [4.69, 9.17) is 5.84 Å². The van der Waals surface area contributed by atoms with Gasteiger partial charge in [0.2, 0.25) is 0 Å². The fourth-order valence-corrected chi connectivity index (χ4v) is 2.74. The minimum Gasteiger partial charge on any atom is -0.271 e. The van der Waals surface area contributed by atoms with Crippen molar-refractivity contribution >= 4 is 27.7 Å². The first-order valence-electron chi connectivity index (χ1n) is 5.32. The first-order valence-corrected chi connectivity index (χ1v) is 7.34. The smallest absolute Gasteiger partial charge is 0.153 e. The van der Waals surface area contributed by atoms with Crippen LogP contribution in [0, 0.1) is 0 Å². The first kappa shape index (κ1) is 13.5. The maximum Gasteiger partial charge on any atom is 0.153 e. The SMILES string of the molecule is CSc1ccc(C(NN)c2c(Br)nnn2C)cc1. The molecule has 1 aromatic heterocycles. The Labute approximate surface area is 118 Å². The van der Waals surface area contributed by atoms with Gasteiger partial charge in [0.05, 0.1) is 11.7 Å². The number of rotatable bonds is 4. The normalized spacial score (nSPS) is 12.7. The van der Waals surface area contributed by atoms with Gasteiger partial charge in [-0.15, -0.1) is 16.9 Å². The van der Waals surface area contributed by atoms with E-state index >= 15 is 0 Å². The first-order chi connectivity index (χ1) is 8.67. The zero-order chi connectivity index (χ0) is 13.1. The van der Waals surface area contributed by atoms with E-state index in [0.29, 0.717) is 4.60 Å². The molecule has 0 aliphatic rings. The fraction of sp³-hybridized carbons (Fsp3) is 0.273. The van der Waals surface area contributed by atoms with E-state index in [1.807, 2.05) is 7.05 Å². The summed E-state index contributed by atoms with van der Waals surface area (Å²) >= 11 is 5.10. The molecule has 0 bridgehead atoms. The molecule has 0 saturated heterocycles. The summed E-state index contributed by atoms with van der Waals surface area (Å²) in [5, 5.41) is 7.94. The fourth-order valence-electron chi connectivity index (χ4n) is 1.77. The van der Waals surface area contributed by atoms with Gasteiger partial charge in [-0.05, 0) is 39.9 Å². The van der Waals surface area contributed by atoms with Crippen molar-refractivity contribution in [2.45, 2.75) is 10.9 Å². The maximum absolute atomic E-state index is 5.66. The van der Waals surface area contributed by atoms with Gasteiger partial charge in [0.25, 0.3) is 0 Å². The second-order valence-corrected chi connectivity index (χ2v) is 5.39. The quantitative estimate of drug-likeness (QED) is 0.509. The Kier molecular flexibility index (Phi) is 4.39. The standard InChI is InChI=1S/C11H14BrN5S/c1-17-10(11(12)15-16-17)9(14-13)7-3-5-8(18-2)6-4-7/h3-6,9,14H,13H2,1-2H3. The Morgan fingerprint density at radius 1 is 1.39 bits per heavy atom. The zero-order valence-electron chi connectivity index (χ0n) is 10.1. The van der Waals surface area contributed by atoms with Crippen molar-refractivity contribution in [1.29, 1.82) is 0 Å². The van der Waals surface area contributed by atoms with Crippen LogP contribution in [0.25, 0.3) is 0 Å². The molecular formula is C11H14BrN5S. The molecule has 18 heavy (non-hydrogen) atoms. The van der Waals surface area contributed by atoms with E-state index in [0.717, 1.165) is 11.3 Å². The number of hydrogen-bond donors (Lipinski definition) is 2. The van der Waals surface area contributed by atoms with Crippen LogP contribution in [0.2, 0.25) is 0 Å². The van der Waals surface area contributed by atoms with Gasteiger partial charge in [0.15, 0.2) is 4.60 Å². The van der Waals surface area contributed by atoms with Gasteiger partial charge < -0.3 is 0 Å². The molecule has 7 heteroatoms. The van der Waals surface area contributed by atoms with Gasteiger partial charge in [-0.2, -0.15) is 0 Å². The van der Waals surface area contributed by atoms with Crippen molar-refractivity contribution in [3.63, 3.8) is 0 Å². The van der Waals surface area contributed by atoms with Crippen molar-refractivity contribution < 1.29 is 0 Å². The molecular weight excluding hydrogens is 314 g/mol. The predicted molar refractivity (Wildman–Crippen MR) is 76.1 cm³/mol. The summed E-state index contributed by atoms with van der Waals surface area (Å²) in [4.78, 5) is 1.22. The highest BCUT2D eigenvalue weighted by atomic mass is 79.9. The predicted octanol–water partition coefficient (Wildman–Crippen LogP) is 1.85. The molecule has 0 aliphatic heterocycles. The van der Waals surface area contributed by atoms with Gasteiger partial charge in [-0.25, -0.2) is 10.1 Å². The largest absolute Gasteiger partial charge is 0.271 e. The summed E-state index contributed by atoms with van der Waals surface area (Å²) in [5.74, 6) is 5.66. The molecule has 0 aliphatic carbocycles. The number of thioether (sulfide) groups is 1. The summed E-state index contributed by atoms with van der Waals surface area (Å²) in [6, 6.07) is 8.10. The van der Waals surface area contributed by atoms with Crippen LogP contribution in [-0.4, -0.2) is 21.2 Å². The van der Waals surface area contributed by atoms with Gasteiger partial charge in [-0.1, -0.05) is 17.3 Å². The number of nitrogens with two attached hydrogens (primary N) is 1. The summed E-state index contributed by atoms with van der Waals surface area (Å²) in [6.07, 6.45) is 2.05. The molecule has 0 radical (unpaired) electrons. The average Bonchev–Trinajstić information content (AvgIpc) is 2.72. The summed E-state index contributed by atoms with van der Waals surface area (Å²) < 4.78 is 2.40. The molecule has 3 N–H and O–H groups in total. The number of nitrogens with one attached hydrogen (secondary N) is 1. The molecule has 2 aromatic rings. The van der Waals surface area contributed by atoms with E-state index < -0.39 is 0 Å². The minimum absolute atomic E-state index is 0.143. The summed E-state index contributed by atoms with van der Waals surface area (Å²) in [5.41, 5.74) is 4.77. The number of nitrogens with zero attached hydrogens (tertiary/aromatic N) is 3. The molecule has 1 unspecified atom stereocenters. The Balaban J connectivity index is 2.39. The summed E-state index contributed by atoms with van der Waals surface area (Å²) in [7, 11) is 1.84. The topological polar surface area (TPSA) is 68.8 Å². The molecule has 0 saturated carbocycles. The van der Waals surface area contributed by atoms with Crippen LogP contribution < -0.4 is 11.3 Å². The lowest BCUT2D eigenvalue weighted by Crippen LogP contribution is -2.30. The highest BCUT2D eigenvalue weighted by Gasteiger charge is 2.20. The molecule has 1 atom stereocenters. The van der Waals surface area contributed by atoms with Gasteiger partial charge in [-0.3, -0.25) is 5.84 Å². The molecule has 0 spiro atoms. The molecule has 0 amide bonds. The van der Waals surface area contributed by atoms with Crippen molar-refractivity contribution in [3.8, 4) is 0 Å². The molecule has 2 rings (SSSR count). The highest BCUT2D eigenvalue weighted by molar-refractivity contribution is 9.10. The van der Waals surface area contributed by atoms with Gasteiger partial charge >= 0.3 is 0 Å². The van der Waals surface area contributed by atoms with E-state index in [9.17, 15) is 0 Å². The zero-order valence-corrected chi connectivity index (χ0v) is 12.5. The van der Waals surface area contributed by atoms with Crippen LogP contribution in [0.3, 0.4) is 0 Å². The van der Waals surface area contributed by atoms with Crippen LogP contribution in [-0.2, 0) is 7.05 Å². The molecule has 0 fully saturated rings. The average molecular weight is 328 g/mol. The second kappa shape index (κ2) is 5.83. The molecule has 1 aromatic carbocycles. The Hall–Kier alpha value is -0.890. The van der Waals surface area contributed by atoms with Crippen LogP contribution in [0.5, 0.6) is 0 Å². The van der Waals surface area contributed by atoms with Crippen LogP contribution in [0.1, 0.15) is 17.3 Å². The lowest BCUT2D eigenvalue weighted by molar-refractivity contribution is 0.569. The van der Waals surface area contributed by atoms with Crippen molar-refractivity contribution in [1.82, 2.24) is 20.4 Å². The van der Waals surface area contributed by atoms with Crippen LogP contribution in [0.15, 0.2) is 33.8 Å². The van der Waals surface area contributed by atoms with Gasteiger partial charge in [0, 0.05) is 11.9 Å². The van der Waals surface area contributed by atoms with E-state index in [1.54, 1.807) is 16.4 Å². The third kappa shape index (κ3) is 2.59. The Morgan fingerprint density at radius 3 is 2.50 bits per heavy atom. The Morgan fingerprint density at radius 2 is 2.06 bits per heavy atom. The van der Waals surface area contributed by atoms with E-state index in [-0.39, 0.29) is 6.04 Å². The monoisotopic (exact) mass is 327 g/mol. The van der Waals surface area contributed by atoms with Crippen LogP contribution >= 0.6 is 27.7 Å². The molecule has 5 nitrogen and oxygen atoms in total. The summed E-state index contributed by atoms with van der Waals surface area (Å²) in [6.45, 7) is 0. The number of hydrazine groups is 1. The third-order valence-corrected chi connectivity index (χ3v) is 4.02. The molecule has 1 heterocycles. The second-order valence-electron chi connectivity index (χ2n) is 3.76. The lowest BCUT2D eigenvalue weighted by atomic mass is 10.1. The Bertz CT molecular complexity index is 505. The minimum atomic E-state index is -0.143. The van der Waals surface area contributed by atoms with E-state index in [1.165, 1.54) is 4.90 Å². The van der Waals surface area contributed by atoms with Crippen molar-refractivity contribution in [2.75, 3.05) is 6.26 Å². The van der Waals surface area contributed by atoms with E-state index in [2.05, 4.69) is 62.2 Å². The number of hydrogen-bond acceptors (Lipinski definition) is 5. The number of halogens is 1.